The number of hydrogen-bond donors (Lipinski definition) is 1. The van der Waals surface area contributed by atoms with Crippen LogP contribution in [0.1, 0.15) is 31.9 Å². The fraction of sp³-hybridized carbons (Fsp3) is 0.429. The minimum absolute atomic E-state index is 0.0165. The van der Waals surface area contributed by atoms with E-state index in [1.807, 2.05) is 41.8 Å². The van der Waals surface area contributed by atoms with Gasteiger partial charge in [-0.2, -0.15) is 0 Å². The molecule has 1 fully saturated rings. The van der Waals surface area contributed by atoms with E-state index in [1.54, 1.807) is 18.2 Å². The highest BCUT2D eigenvalue weighted by atomic mass is 35.5. The molecule has 6 nitrogen and oxygen atoms in total. The number of aromatic nitrogens is 1. The molecule has 156 valence electrons. The van der Waals surface area contributed by atoms with E-state index in [-0.39, 0.29) is 24.5 Å². The normalized spacial score (nSPS) is 13.2. The zero-order valence-electron chi connectivity index (χ0n) is 16.7. The zero-order chi connectivity index (χ0) is 21.0. The van der Waals surface area contributed by atoms with E-state index in [0.29, 0.717) is 28.8 Å². The summed E-state index contributed by atoms with van der Waals surface area (Å²) < 4.78 is 2.01. The molecule has 0 saturated heterocycles. The lowest BCUT2D eigenvalue weighted by Gasteiger charge is -2.28. The Morgan fingerprint density at radius 1 is 1.17 bits per heavy atom. The maximum atomic E-state index is 13.1. The Kier molecular flexibility index (Phi) is 7.09. The van der Waals surface area contributed by atoms with Gasteiger partial charge in [0.05, 0.1) is 22.3 Å². The van der Waals surface area contributed by atoms with Crippen molar-refractivity contribution in [2.75, 3.05) is 18.4 Å². The molecule has 1 aliphatic rings. The first-order valence-corrected chi connectivity index (χ1v) is 10.6. The second-order valence-electron chi connectivity index (χ2n) is 7.31. The first kappa shape index (κ1) is 21.5. The number of para-hydroxylation sites is 1. The van der Waals surface area contributed by atoms with Crippen molar-refractivity contribution in [3.05, 3.63) is 52.3 Å². The lowest BCUT2D eigenvalue weighted by molar-refractivity contribution is -0.133. The lowest BCUT2D eigenvalue weighted by atomic mass is 10.3. The third-order valence-corrected chi connectivity index (χ3v) is 5.62. The van der Waals surface area contributed by atoms with E-state index >= 15 is 0 Å². The van der Waals surface area contributed by atoms with Gasteiger partial charge in [0.25, 0.3) is 0 Å². The third-order valence-electron chi connectivity index (χ3n) is 4.99. The average Bonchev–Trinajstić information content (AvgIpc) is 3.44. The van der Waals surface area contributed by atoms with Gasteiger partial charge < -0.3 is 19.7 Å². The van der Waals surface area contributed by atoms with Gasteiger partial charge in [0.2, 0.25) is 5.91 Å². The second kappa shape index (κ2) is 9.55. The fourth-order valence-corrected chi connectivity index (χ4v) is 3.71. The number of carbonyl (C=O) groups is 2. The van der Waals surface area contributed by atoms with Gasteiger partial charge in [0.15, 0.2) is 0 Å². The average molecular weight is 437 g/mol. The molecule has 0 atom stereocenters. The maximum absolute atomic E-state index is 13.1. The van der Waals surface area contributed by atoms with Crippen LogP contribution in [-0.2, 0) is 18.4 Å². The van der Waals surface area contributed by atoms with Crippen molar-refractivity contribution >= 4 is 40.8 Å². The van der Waals surface area contributed by atoms with Gasteiger partial charge in [-0.15, -0.1) is 0 Å². The van der Waals surface area contributed by atoms with Crippen molar-refractivity contribution in [2.45, 2.75) is 38.8 Å². The molecule has 3 amide bonds. The fourth-order valence-electron chi connectivity index (χ4n) is 3.22. The van der Waals surface area contributed by atoms with Crippen LogP contribution in [0, 0.1) is 0 Å². The Hall–Kier alpha value is -2.18. The smallest absolute Gasteiger partial charge is 0.322 e. The molecule has 1 aliphatic carbocycles. The van der Waals surface area contributed by atoms with Crippen LogP contribution in [-0.4, -0.2) is 45.4 Å². The van der Waals surface area contributed by atoms with Crippen LogP contribution < -0.4 is 5.32 Å². The van der Waals surface area contributed by atoms with Gasteiger partial charge in [0.1, 0.15) is 6.54 Å². The Bertz CT molecular complexity index is 859. The first-order valence-electron chi connectivity index (χ1n) is 9.80. The van der Waals surface area contributed by atoms with Gasteiger partial charge in [0, 0.05) is 31.5 Å². The summed E-state index contributed by atoms with van der Waals surface area (Å²) in [6.45, 7) is 2.99. The van der Waals surface area contributed by atoms with E-state index < -0.39 is 0 Å². The van der Waals surface area contributed by atoms with Crippen LogP contribution in [0.3, 0.4) is 0 Å². The number of aryl methyl sites for hydroxylation is 1. The molecule has 1 N–H and O–H groups in total. The highest BCUT2D eigenvalue weighted by molar-refractivity contribution is 6.39. The largest absolute Gasteiger partial charge is 0.353 e. The molecule has 1 aromatic heterocycles. The molecule has 1 aromatic carbocycles. The molecule has 0 radical (unpaired) electrons. The molecule has 2 aromatic rings. The highest BCUT2D eigenvalue weighted by Crippen LogP contribution is 2.31. The number of amides is 3. The molecule has 0 spiro atoms. The summed E-state index contributed by atoms with van der Waals surface area (Å²) in [5.74, 6) is -0.0532. The molecule has 3 rings (SSSR count). The maximum Gasteiger partial charge on any atom is 0.322 e. The summed E-state index contributed by atoms with van der Waals surface area (Å²) in [5.41, 5.74) is 1.43. The predicted molar refractivity (Wildman–Crippen MR) is 116 cm³/mol. The monoisotopic (exact) mass is 436 g/mol. The molecular formula is C21H26Cl2N4O2. The van der Waals surface area contributed by atoms with Gasteiger partial charge in [-0.3, -0.25) is 4.79 Å². The van der Waals surface area contributed by atoms with Crippen molar-refractivity contribution in [3.8, 4) is 0 Å². The zero-order valence-corrected chi connectivity index (χ0v) is 18.2. The van der Waals surface area contributed by atoms with E-state index in [9.17, 15) is 9.59 Å². The van der Waals surface area contributed by atoms with Crippen molar-refractivity contribution in [3.63, 3.8) is 0 Å². The minimum Gasteiger partial charge on any atom is -0.353 e. The minimum atomic E-state index is -0.384. The molecule has 29 heavy (non-hydrogen) atoms. The quantitative estimate of drug-likeness (QED) is 0.647. The molecule has 1 saturated carbocycles. The molecule has 8 heteroatoms. The number of hydrogen-bond acceptors (Lipinski definition) is 2. The van der Waals surface area contributed by atoms with Crippen LogP contribution in [0.2, 0.25) is 10.0 Å². The Morgan fingerprint density at radius 2 is 1.86 bits per heavy atom. The molecule has 0 unspecified atom stereocenters. The summed E-state index contributed by atoms with van der Waals surface area (Å²) in [6, 6.07) is 8.88. The number of nitrogens with one attached hydrogen (secondary N) is 1. The summed E-state index contributed by atoms with van der Waals surface area (Å²) in [5, 5.41) is 3.47. The summed E-state index contributed by atoms with van der Waals surface area (Å²) in [4.78, 5) is 29.3. The van der Waals surface area contributed by atoms with E-state index in [4.69, 9.17) is 23.2 Å². The van der Waals surface area contributed by atoms with Crippen LogP contribution in [0.25, 0.3) is 0 Å². The summed E-state index contributed by atoms with van der Waals surface area (Å²) in [7, 11) is 1.97. The Labute approximate surface area is 181 Å². The Morgan fingerprint density at radius 3 is 2.41 bits per heavy atom. The highest BCUT2D eigenvalue weighted by Gasteiger charge is 2.34. The topological polar surface area (TPSA) is 57.6 Å². The van der Waals surface area contributed by atoms with Crippen molar-refractivity contribution in [1.29, 1.82) is 0 Å². The number of anilines is 1. The van der Waals surface area contributed by atoms with E-state index in [1.165, 1.54) is 4.90 Å². The molecular weight excluding hydrogens is 411 g/mol. The van der Waals surface area contributed by atoms with Crippen LogP contribution in [0.4, 0.5) is 10.5 Å². The lowest BCUT2D eigenvalue weighted by Crippen LogP contribution is -2.45. The van der Waals surface area contributed by atoms with Crippen LogP contribution in [0.5, 0.6) is 0 Å². The van der Waals surface area contributed by atoms with Crippen molar-refractivity contribution in [1.82, 2.24) is 14.4 Å². The van der Waals surface area contributed by atoms with E-state index in [2.05, 4.69) is 5.32 Å². The van der Waals surface area contributed by atoms with Gasteiger partial charge >= 0.3 is 6.03 Å². The number of urea groups is 1. The van der Waals surface area contributed by atoms with Crippen molar-refractivity contribution < 1.29 is 9.59 Å². The SMILES string of the molecule is CCCN(CC(=O)N(Cc1cccn1C)C1CC1)C(=O)Nc1c(Cl)cccc1Cl. The van der Waals surface area contributed by atoms with Gasteiger partial charge in [-0.1, -0.05) is 36.2 Å². The van der Waals surface area contributed by atoms with Crippen LogP contribution >= 0.6 is 23.2 Å². The first-order chi connectivity index (χ1) is 13.9. The standard InChI is InChI=1S/C21H26Cl2N4O2/c1-3-11-26(21(29)24-20-17(22)7-4-8-18(20)23)14-19(28)27(15-9-10-15)13-16-6-5-12-25(16)2/h4-8,12,15H,3,9-11,13-14H2,1-2H3,(H,24,29). The molecule has 0 aliphatic heterocycles. The summed E-state index contributed by atoms with van der Waals surface area (Å²) in [6.07, 6.45) is 4.71. The van der Waals surface area contributed by atoms with E-state index in [0.717, 1.165) is 25.0 Å². The predicted octanol–water partition coefficient (Wildman–Crippen LogP) is 4.77. The van der Waals surface area contributed by atoms with Gasteiger partial charge in [-0.25, -0.2) is 4.79 Å². The third kappa shape index (κ3) is 5.46. The second-order valence-corrected chi connectivity index (χ2v) is 8.13. The number of nitrogens with zero attached hydrogens (tertiary/aromatic N) is 3. The number of benzene rings is 1. The number of carbonyl (C=O) groups excluding carboxylic acids is 2. The van der Waals surface area contributed by atoms with Crippen molar-refractivity contribution in [2.24, 2.45) is 7.05 Å². The number of halogens is 2. The summed E-state index contributed by atoms with van der Waals surface area (Å²) >= 11 is 12.3. The number of rotatable bonds is 8. The van der Waals surface area contributed by atoms with Gasteiger partial charge in [-0.05, 0) is 43.5 Å². The molecule has 1 heterocycles. The van der Waals surface area contributed by atoms with Crippen LogP contribution in [0.15, 0.2) is 36.5 Å². The molecule has 0 bridgehead atoms. The Balaban J connectivity index is 1.70.